The summed E-state index contributed by atoms with van der Waals surface area (Å²) >= 11 is 0. The van der Waals surface area contributed by atoms with Crippen LogP contribution in [0, 0.1) is 5.92 Å². The van der Waals surface area contributed by atoms with Gasteiger partial charge in [-0.1, -0.05) is 24.8 Å². The maximum absolute atomic E-state index is 12.7. The minimum Gasteiger partial charge on any atom is -0.512 e. The third-order valence-electron chi connectivity index (χ3n) is 6.15. The molecule has 3 aliphatic rings. The van der Waals surface area contributed by atoms with E-state index in [1.165, 1.54) is 30.4 Å². The van der Waals surface area contributed by atoms with Crippen molar-refractivity contribution < 1.29 is 9.90 Å². The molecule has 29 heavy (non-hydrogen) atoms. The van der Waals surface area contributed by atoms with Crippen LogP contribution in [0.5, 0.6) is 0 Å². The molecule has 3 aliphatic carbocycles. The second-order valence-electron chi connectivity index (χ2n) is 8.87. The van der Waals surface area contributed by atoms with Gasteiger partial charge in [-0.25, -0.2) is 9.97 Å². The number of aryl methyl sites for hydroxylation is 1. The molecule has 0 bridgehead atoms. The van der Waals surface area contributed by atoms with Crippen LogP contribution < -0.4 is 5.32 Å². The third-order valence-corrected chi connectivity index (χ3v) is 6.15. The molecule has 0 radical (unpaired) electrons. The van der Waals surface area contributed by atoms with Gasteiger partial charge in [-0.05, 0) is 75.2 Å². The SMILES string of the molecule is CC(C)=Cc1nc2c(nc1NC(=O)CC1CCCCC1)CCC1=C2CCC(O)=C1. The summed E-state index contributed by atoms with van der Waals surface area (Å²) in [6.07, 6.45) is 13.6. The Hall–Kier alpha value is -2.43. The van der Waals surface area contributed by atoms with Gasteiger partial charge < -0.3 is 10.4 Å². The summed E-state index contributed by atoms with van der Waals surface area (Å²) in [5.41, 5.74) is 6.11. The number of rotatable bonds is 4. The molecule has 0 saturated heterocycles. The monoisotopic (exact) mass is 393 g/mol. The number of aromatic nitrogens is 2. The Labute approximate surface area is 173 Å². The summed E-state index contributed by atoms with van der Waals surface area (Å²) in [6.45, 7) is 4.06. The van der Waals surface area contributed by atoms with Crippen LogP contribution in [0.15, 0.2) is 23.0 Å². The van der Waals surface area contributed by atoms with E-state index in [9.17, 15) is 9.90 Å². The van der Waals surface area contributed by atoms with E-state index in [0.29, 0.717) is 30.3 Å². The van der Waals surface area contributed by atoms with Crippen LogP contribution in [0.2, 0.25) is 0 Å². The highest BCUT2D eigenvalue weighted by molar-refractivity contribution is 5.92. The minimum absolute atomic E-state index is 0.0517. The molecule has 0 aliphatic heterocycles. The van der Waals surface area contributed by atoms with Crippen LogP contribution >= 0.6 is 0 Å². The standard InChI is InChI=1S/C24H31N3O2/c1-15(2)12-21-24(27-22(29)13-16-6-4-3-5-7-16)26-20-11-8-17-14-18(28)9-10-19(17)23(20)25-21/h12,14,16,28H,3-11,13H2,1-2H3,(H,26,27,29). The fraction of sp³-hybridized carbons (Fsp3) is 0.542. The highest BCUT2D eigenvalue weighted by Gasteiger charge is 2.26. The molecule has 1 amide bonds. The zero-order valence-electron chi connectivity index (χ0n) is 17.6. The lowest BCUT2D eigenvalue weighted by molar-refractivity contribution is -0.117. The predicted molar refractivity (Wildman–Crippen MR) is 116 cm³/mol. The lowest BCUT2D eigenvalue weighted by Gasteiger charge is -2.25. The van der Waals surface area contributed by atoms with Crippen molar-refractivity contribution in [2.75, 3.05) is 5.32 Å². The molecule has 1 heterocycles. The number of hydrogen-bond donors (Lipinski definition) is 2. The summed E-state index contributed by atoms with van der Waals surface area (Å²) in [5.74, 6) is 1.59. The quantitative estimate of drug-likeness (QED) is 0.683. The van der Waals surface area contributed by atoms with Gasteiger partial charge >= 0.3 is 0 Å². The number of hydrogen-bond acceptors (Lipinski definition) is 4. The first-order chi connectivity index (χ1) is 14.0. The molecule has 5 nitrogen and oxygen atoms in total. The van der Waals surface area contributed by atoms with Crippen molar-refractivity contribution in [1.29, 1.82) is 0 Å². The highest BCUT2D eigenvalue weighted by atomic mass is 16.3. The van der Waals surface area contributed by atoms with Crippen LogP contribution in [0.25, 0.3) is 11.6 Å². The normalized spacial score (nSPS) is 19.2. The first kappa shape index (κ1) is 19.9. The lowest BCUT2D eigenvalue weighted by atomic mass is 9.85. The number of nitrogens with zero attached hydrogens (tertiary/aromatic N) is 2. The Kier molecular flexibility index (Phi) is 5.84. The Morgan fingerprint density at radius 2 is 1.93 bits per heavy atom. The van der Waals surface area contributed by atoms with Crippen LogP contribution in [0.1, 0.15) is 88.7 Å². The molecule has 0 aromatic carbocycles. The largest absolute Gasteiger partial charge is 0.512 e. The average molecular weight is 394 g/mol. The Morgan fingerprint density at radius 1 is 1.14 bits per heavy atom. The number of aliphatic hydroxyl groups is 1. The number of fused-ring (bicyclic) bond motifs is 2. The molecule has 4 rings (SSSR count). The van der Waals surface area contributed by atoms with Gasteiger partial charge in [-0.15, -0.1) is 0 Å². The number of aliphatic hydroxyl groups excluding tert-OH is 1. The third kappa shape index (κ3) is 4.60. The van der Waals surface area contributed by atoms with Crippen molar-refractivity contribution in [2.24, 2.45) is 5.92 Å². The molecule has 0 atom stereocenters. The van der Waals surface area contributed by atoms with Gasteiger partial charge in [0.25, 0.3) is 0 Å². The van der Waals surface area contributed by atoms with Crippen molar-refractivity contribution in [3.05, 3.63) is 40.1 Å². The number of nitrogens with one attached hydrogen (secondary N) is 1. The van der Waals surface area contributed by atoms with Gasteiger partial charge in [0, 0.05) is 12.8 Å². The van der Waals surface area contributed by atoms with E-state index in [-0.39, 0.29) is 5.91 Å². The van der Waals surface area contributed by atoms with Gasteiger partial charge in [0.1, 0.15) is 5.69 Å². The van der Waals surface area contributed by atoms with E-state index in [1.807, 2.05) is 26.0 Å². The minimum atomic E-state index is 0.0517. The lowest BCUT2D eigenvalue weighted by Crippen LogP contribution is -2.21. The van der Waals surface area contributed by atoms with E-state index in [2.05, 4.69) is 5.32 Å². The van der Waals surface area contributed by atoms with Crippen LogP contribution in [0.3, 0.4) is 0 Å². The van der Waals surface area contributed by atoms with Crippen molar-refractivity contribution in [1.82, 2.24) is 9.97 Å². The highest BCUT2D eigenvalue weighted by Crippen LogP contribution is 2.38. The van der Waals surface area contributed by atoms with Crippen molar-refractivity contribution in [2.45, 2.75) is 78.1 Å². The molecule has 1 saturated carbocycles. The zero-order chi connectivity index (χ0) is 20.4. The molecule has 1 aromatic rings. The van der Waals surface area contributed by atoms with E-state index >= 15 is 0 Å². The van der Waals surface area contributed by atoms with Gasteiger partial charge in [-0.3, -0.25) is 4.79 Å². The Morgan fingerprint density at radius 3 is 2.69 bits per heavy atom. The topological polar surface area (TPSA) is 75.1 Å². The molecule has 0 spiro atoms. The number of carbonyl (C=O) groups is 1. The van der Waals surface area contributed by atoms with Gasteiger partial charge in [0.15, 0.2) is 5.82 Å². The van der Waals surface area contributed by atoms with Crippen LogP contribution in [-0.4, -0.2) is 21.0 Å². The van der Waals surface area contributed by atoms with Crippen molar-refractivity contribution >= 4 is 23.4 Å². The van der Waals surface area contributed by atoms with Gasteiger partial charge in [0.05, 0.1) is 17.1 Å². The molecule has 1 aromatic heterocycles. The van der Waals surface area contributed by atoms with Crippen molar-refractivity contribution in [3.8, 4) is 0 Å². The molecule has 5 heteroatoms. The second-order valence-corrected chi connectivity index (χ2v) is 8.87. The fourth-order valence-corrected chi connectivity index (χ4v) is 4.72. The molecule has 1 fully saturated rings. The first-order valence-corrected chi connectivity index (χ1v) is 11.0. The molecular weight excluding hydrogens is 362 g/mol. The van der Waals surface area contributed by atoms with E-state index < -0.39 is 0 Å². The molecule has 154 valence electrons. The van der Waals surface area contributed by atoms with Gasteiger partial charge in [0.2, 0.25) is 5.91 Å². The van der Waals surface area contributed by atoms with E-state index in [4.69, 9.17) is 9.97 Å². The maximum atomic E-state index is 12.7. The average Bonchev–Trinajstić information content (AvgIpc) is 2.68. The summed E-state index contributed by atoms with van der Waals surface area (Å²) in [7, 11) is 0. The second kappa shape index (κ2) is 8.52. The number of amides is 1. The van der Waals surface area contributed by atoms with E-state index in [0.717, 1.165) is 54.8 Å². The molecular formula is C24H31N3O2. The number of carbonyl (C=O) groups excluding carboxylic acids is 1. The zero-order valence-corrected chi connectivity index (χ0v) is 17.6. The maximum Gasteiger partial charge on any atom is 0.225 e. The molecule has 0 unspecified atom stereocenters. The Bertz CT molecular complexity index is 901. The first-order valence-electron chi connectivity index (χ1n) is 11.0. The smallest absolute Gasteiger partial charge is 0.225 e. The van der Waals surface area contributed by atoms with Crippen LogP contribution in [0.4, 0.5) is 5.82 Å². The summed E-state index contributed by atoms with van der Waals surface area (Å²) in [5, 5.41) is 12.9. The Balaban J connectivity index is 1.63. The summed E-state index contributed by atoms with van der Waals surface area (Å²) in [6, 6.07) is 0. The summed E-state index contributed by atoms with van der Waals surface area (Å²) < 4.78 is 0. The summed E-state index contributed by atoms with van der Waals surface area (Å²) in [4.78, 5) is 22.5. The predicted octanol–water partition coefficient (Wildman–Crippen LogP) is 5.74. The fourth-order valence-electron chi connectivity index (χ4n) is 4.72. The van der Waals surface area contributed by atoms with E-state index in [1.54, 1.807) is 0 Å². The van der Waals surface area contributed by atoms with Crippen molar-refractivity contribution in [3.63, 3.8) is 0 Å². The molecule has 2 N–H and O–H groups in total. The number of anilines is 1. The van der Waals surface area contributed by atoms with Crippen LogP contribution in [-0.2, 0) is 11.2 Å². The van der Waals surface area contributed by atoms with Gasteiger partial charge in [-0.2, -0.15) is 0 Å². The number of allylic oxidation sites excluding steroid dienone is 5.